The van der Waals surface area contributed by atoms with Crippen LogP contribution in [0.25, 0.3) is 0 Å². The summed E-state index contributed by atoms with van der Waals surface area (Å²) < 4.78 is 13.7. The molecule has 2 aliphatic carbocycles. The van der Waals surface area contributed by atoms with Crippen molar-refractivity contribution >= 4 is 40.9 Å². The third-order valence-electron chi connectivity index (χ3n) is 7.82. The summed E-state index contributed by atoms with van der Waals surface area (Å²) in [5, 5.41) is 9.82. The highest BCUT2D eigenvalue weighted by atomic mass is 32.2. The SMILES string of the molecule is O=C(O)CCCN1C(=O)[C@@H]2[C@@H]3C[C@@H]([C@H]4Sc5[nH]c(=O)sc5[C@H](c5ccc(F)cc5)[C@H]34)[C@@H]2C1=O. The lowest BCUT2D eigenvalue weighted by Gasteiger charge is -2.43. The van der Waals surface area contributed by atoms with Crippen LogP contribution in [-0.4, -0.2) is 44.6 Å². The van der Waals surface area contributed by atoms with Crippen LogP contribution in [-0.2, 0) is 14.4 Å². The van der Waals surface area contributed by atoms with Gasteiger partial charge in [0, 0.05) is 29.0 Å². The first-order valence-corrected chi connectivity index (χ1v) is 12.8. The van der Waals surface area contributed by atoms with Gasteiger partial charge in [-0.25, -0.2) is 4.39 Å². The van der Waals surface area contributed by atoms with Gasteiger partial charge in [0.1, 0.15) is 5.82 Å². The van der Waals surface area contributed by atoms with Crippen molar-refractivity contribution in [2.75, 3.05) is 6.54 Å². The number of imide groups is 1. The Morgan fingerprint density at radius 3 is 2.52 bits per heavy atom. The number of aromatic amines is 1. The molecule has 3 fully saturated rings. The molecule has 2 aliphatic heterocycles. The van der Waals surface area contributed by atoms with Gasteiger partial charge in [-0.1, -0.05) is 23.5 Å². The van der Waals surface area contributed by atoms with Crippen LogP contribution in [0, 0.1) is 35.4 Å². The summed E-state index contributed by atoms with van der Waals surface area (Å²) in [7, 11) is 0. The number of nitrogens with one attached hydrogen (secondary N) is 1. The fourth-order valence-corrected chi connectivity index (χ4v) is 9.62. The lowest BCUT2D eigenvalue weighted by molar-refractivity contribution is -0.142. The number of carboxylic acid groups (broad SMARTS) is 1. The topological polar surface area (TPSA) is 108 Å². The predicted molar refractivity (Wildman–Crippen MR) is 118 cm³/mol. The number of thiazole rings is 1. The van der Waals surface area contributed by atoms with Crippen LogP contribution in [0.5, 0.6) is 0 Å². The van der Waals surface area contributed by atoms with E-state index < -0.39 is 11.9 Å². The number of likely N-dealkylation sites (tertiary alicyclic amines) is 1. The summed E-state index contributed by atoms with van der Waals surface area (Å²) in [5.74, 6) is -2.44. The van der Waals surface area contributed by atoms with E-state index in [1.165, 1.54) is 28.4 Å². The van der Waals surface area contributed by atoms with Gasteiger partial charge < -0.3 is 10.1 Å². The van der Waals surface area contributed by atoms with Crippen LogP contribution < -0.4 is 4.87 Å². The van der Waals surface area contributed by atoms with Gasteiger partial charge in [0.05, 0.1) is 16.9 Å². The Morgan fingerprint density at radius 1 is 1.12 bits per heavy atom. The second kappa shape index (κ2) is 7.53. The van der Waals surface area contributed by atoms with Gasteiger partial charge in [-0.05, 0) is 48.3 Å². The first-order valence-electron chi connectivity index (χ1n) is 11.1. The van der Waals surface area contributed by atoms with Crippen LogP contribution >= 0.6 is 23.1 Å². The minimum Gasteiger partial charge on any atom is -0.481 e. The van der Waals surface area contributed by atoms with Gasteiger partial charge in [0.2, 0.25) is 11.8 Å². The zero-order chi connectivity index (χ0) is 23.0. The van der Waals surface area contributed by atoms with Gasteiger partial charge in [-0.2, -0.15) is 0 Å². The highest BCUT2D eigenvalue weighted by Crippen LogP contribution is 2.68. The van der Waals surface area contributed by atoms with Crippen LogP contribution in [0.3, 0.4) is 0 Å². The highest BCUT2D eigenvalue weighted by molar-refractivity contribution is 8.00. The minimum absolute atomic E-state index is 0.00108. The number of benzene rings is 1. The Balaban J connectivity index is 1.37. The molecule has 1 saturated heterocycles. The molecule has 2 aromatic rings. The van der Waals surface area contributed by atoms with Crippen LogP contribution in [0.2, 0.25) is 0 Å². The summed E-state index contributed by atoms with van der Waals surface area (Å²) in [4.78, 5) is 54.7. The number of hydrogen-bond donors (Lipinski definition) is 2. The normalized spacial score (nSPS) is 33.8. The Morgan fingerprint density at radius 2 is 1.82 bits per heavy atom. The summed E-state index contributed by atoms with van der Waals surface area (Å²) in [6.45, 7) is 0.140. The monoisotopic (exact) mass is 488 g/mol. The van der Waals surface area contributed by atoms with Gasteiger partial charge in [0.15, 0.2) is 0 Å². The van der Waals surface area contributed by atoms with E-state index in [9.17, 15) is 23.6 Å². The van der Waals surface area contributed by atoms with E-state index in [1.54, 1.807) is 23.9 Å². The van der Waals surface area contributed by atoms with Crippen molar-refractivity contribution in [1.82, 2.24) is 9.88 Å². The predicted octanol–water partition coefficient (Wildman–Crippen LogP) is 2.91. The van der Waals surface area contributed by atoms with Gasteiger partial charge in [-0.3, -0.25) is 24.1 Å². The quantitative estimate of drug-likeness (QED) is 0.627. The molecule has 0 radical (unpaired) electrons. The molecule has 2 amide bonds. The molecule has 6 rings (SSSR count). The van der Waals surface area contributed by atoms with Crippen molar-refractivity contribution < 1.29 is 23.9 Å². The second-order valence-electron chi connectivity index (χ2n) is 9.34. The molecule has 2 N–H and O–H groups in total. The first kappa shape index (κ1) is 21.1. The average molecular weight is 489 g/mol. The molecule has 1 aromatic carbocycles. The molecule has 33 heavy (non-hydrogen) atoms. The molecule has 1 aromatic heterocycles. The molecule has 172 valence electrons. The van der Waals surface area contributed by atoms with Gasteiger partial charge >= 0.3 is 10.8 Å². The molecular weight excluding hydrogens is 467 g/mol. The number of nitrogens with zero attached hydrogens (tertiary/aromatic N) is 1. The Kier molecular flexibility index (Phi) is 4.81. The van der Waals surface area contributed by atoms with Crippen molar-refractivity contribution in [1.29, 1.82) is 0 Å². The Labute approximate surface area is 196 Å². The molecule has 0 unspecified atom stereocenters. The van der Waals surface area contributed by atoms with E-state index in [4.69, 9.17) is 5.11 Å². The largest absolute Gasteiger partial charge is 0.481 e. The molecule has 10 heteroatoms. The lowest BCUT2D eigenvalue weighted by Crippen LogP contribution is -2.42. The fraction of sp³-hybridized carbons (Fsp3) is 0.478. The maximum atomic E-state index is 13.7. The van der Waals surface area contributed by atoms with Crippen molar-refractivity contribution in [2.24, 2.45) is 29.6 Å². The molecule has 2 bridgehead atoms. The Bertz CT molecular complexity index is 1220. The number of fused-ring (bicyclic) bond motifs is 9. The molecule has 4 aliphatic rings. The number of carbonyl (C=O) groups is 3. The number of carboxylic acids is 1. The van der Waals surface area contributed by atoms with Crippen LogP contribution in [0.4, 0.5) is 4.39 Å². The van der Waals surface area contributed by atoms with Crippen molar-refractivity contribution in [3.8, 4) is 0 Å². The lowest BCUT2D eigenvalue weighted by atomic mass is 9.68. The van der Waals surface area contributed by atoms with Gasteiger partial charge in [-0.15, -0.1) is 11.8 Å². The average Bonchev–Trinajstić information content (AvgIpc) is 3.49. The molecule has 2 saturated carbocycles. The zero-order valence-corrected chi connectivity index (χ0v) is 19.0. The number of carbonyl (C=O) groups excluding carboxylic acids is 2. The maximum Gasteiger partial charge on any atom is 0.305 e. The van der Waals surface area contributed by atoms with Crippen molar-refractivity contribution in [2.45, 2.75) is 35.5 Å². The maximum absolute atomic E-state index is 13.7. The third kappa shape index (κ3) is 3.06. The van der Waals surface area contributed by atoms with Crippen molar-refractivity contribution in [3.05, 3.63) is 50.2 Å². The first-order chi connectivity index (χ1) is 15.8. The molecule has 0 spiro atoms. The number of aromatic nitrogens is 1. The number of thioether (sulfide) groups is 1. The van der Waals surface area contributed by atoms with E-state index in [1.807, 2.05) is 0 Å². The molecule has 7 atom stereocenters. The summed E-state index contributed by atoms with van der Waals surface area (Å²) >= 11 is 2.78. The van der Waals surface area contributed by atoms with E-state index in [-0.39, 0.29) is 76.7 Å². The number of rotatable bonds is 5. The number of aliphatic carboxylic acids is 1. The summed E-state index contributed by atoms with van der Waals surface area (Å²) in [6, 6.07) is 6.35. The third-order valence-corrected chi connectivity index (χ3v) is 10.4. The Hall–Kier alpha value is -2.46. The fourth-order valence-electron chi connectivity index (χ4n) is 6.73. The van der Waals surface area contributed by atoms with Gasteiger partial charge in [0.25, 0.3) is 0 Å². The standard InChI is InChI=1S/C23H21FN2O5S2/c24-10-5-3-9(4-6-10)14-15-11-8-12(18(15)32-20-19(14)33-23(31)25-20)17-16(11)21(29)26(22(17)30)7-1-2-13(27)28/h3-6,11-12,14-18H,1-2,7-8H2,(H,25,31)(H,27,28)/t11-,12-,14-,15+,16-,17+,18-/m1/s1. The smallest absolute Gasteiger partial charge is 0.305 e. The van der Waals surface area contributed by atoms with E-state index >= 15 is 0 Å². The summed E-state index contributed by atoms with van der Waals surface area (Å²) in [5.41, 5.74) is 0.919. The summed E-state index contributed by atoms with van der Waals surface area (Å²) in [6.07, 6.45) is 0.954. The van der Waals surface area contributed by atoms with E-state index in [0.717, 1.165) is 21.9 Å². The van der Waals surface area contributed by atoms with Crippen molar-refractivity contribution in [3.63, 3.8) is 0 Å². The van der Waals surface area contributed by atoms with E-state index in [0.29, 0.717) is 0 Å². The second-order valence-corrected chi connectivity index (χ2v) is 11.5. The molecule has 7 nitrogen and oxygen atoms in total. The van der Waals surface area contributed by atoms with E-state index in [2.05, 4.69) is 4.98 Å². The van der Waals surface area contributed by atoms with Crippen LogP contribution in [0.1, 0.15) is 35.6 Å². The molecular formula is C23H21FN2O5S2. The van der Waals surface area contributed by atoms with Crippen LogP contribution in [0.15, 0.2) is 34.1 Å². The molecule has 3 heterocycles. The zero-order valence-electron chi connectivity index (χ0n) is 17.4. The number of H-pyrrole nitrogens is 1. The number of amides is 2. The number of hydrogen-bond acceptors (Lipinski definition) is 6. The highest BCUT2D eigenvalue weighted by Gasteiger charge is 2.69. The minimum atomic E-state index is -0.945. The number of halogens is 1.